The minimum absolute atomic E-state index is 0.189. The Balaban J connectivity index is 1.82. The maximum atomic E-state index is 12.5. The quantitative estimate of drug-likeness (QED) is 0.885. The van der Waals surface area contributed by atoms with Crippen LogP contribution in [-0.4, -0.2) is 42.1 Å². The molecule has 3 saturated heterocycles. The van der Waals surface area contributed by atoms with Crippen LogP contribution in [0.5, 0.6) is 0 Å². The first-order chi connectivity index (χ1) is 10.8. The molecular formula is C18H22N2O2. The molecule has 1 N–H and O–H groups in total. The van der Waals surface area contributed by atoms with Gasteiger partial charge in [-0.15, -0.1) is 0 Å². The molecule has 3 aliphatic rings. The molecule has 3 fully saturated rings. The van der Waals surface area contributed by atoms with Crippen LogP contribution in [0.4, 0.5) is 0 Å². The molecule has 22 heavy (non-hydrogen) atoms. The van der Waals surface area contributed by atoms with Gasteiger partial charge >= 0.3 is 5.97 Å². The fourth-order valence-corrected chi connectivity index (χ4v) is 4.16. The van der Waals surface area contributed by atoms with Gasteiger partial charge in [0.1, 0.15) is 0 Å². The van der Waals surface area contributed by atoms with Crippen LogP contribution in [0, 0.1) is 5.92 Å². The Morgan fingerprint density at radius 3 is 2.77 bits per heavy atom. The monoisotopic (exact) mass is 298 g/mol. The van der Waals surface area contributed by atoms with Gasteiger partial charge < -0.3 is 14.6 Å². The van der Waals surface area contributed by atoms with Crippen molar-refractivity contribution in [1.29, 1.82) is 0 Å². The molecule has 2 bridgehead atoms. The summed E-state index contributed by atoms with van der Waals surface area (Å²) < 4.78 is 5.33. The first-order valence-corrected chi connectivity index (χ1v) is 8.28. The second-order valence-corrected chi connectivity index (χ2v) is 6.42. The molecule has 4 nitrogen and oxygen atoms in total. The predicted octanol–water partition coefficient (Wildman–Crippen LogP) is 3.15. The van der Waals surface area contributed by atoms with Crippen molar-refractivity contribution in [2.45, 2.75) is 25.7 Å². The van der Waals surface area contributed by atoms with E-state index in [1.807, 2.05) is 31.2 Å². The van der Waals surface area contributed by atoms with Crippen LogP contribution in [0.25, 0.3) is 10.9 Å². The Morgan fingerprint density at radius 1 is 1.32 bits per heavy atom. The Labute approximate surface area is 130 Å². The third-order valence-electron chi connectivity index (χ3n) is 5.24. The minimum Gasteiger partial charge on any atom is -0.462 e. The number of fused-ring (bicyclic) bond motifs is 4. The van der Waals surface area contributed by atoms with Gasteiger partial charge in [-0.05, 0) is 44.8 Å². The number of carbonyl (C=O) groups is 1. The third kappa shape index (κ3) is 2.13. The van der Waals surface area contributed by atoms with Gasteiger partial charge in [-0.1, -0.05) is 18.2 Å². The Morgan fingerprint density at radius 2 is 2.09 bits per heavy atom. The highest BCUT2D eigenvalue weighted by atomic mass is 16.5. The number of nitrogens with one attached hydrogen (secondary N) is 1. The van der Waals surface area contributed by atoms with Gasteiger partial charge in [0.15, 0.2) is 0 Å². The lowest BCUT2D eigenvalue weighted by atomic mass is 9.76. The van der Waals surface area contributed by atoms with Crippen LogP contribution in [0.1, 0.15) is 41.7 Å². The summed E-state index contributed by atoms with van der Waals surface area (Å²) in [6, 6.07) is 8.05. The lowest BCUT2D eigenvalue weighted by Gasteiger charge is -2.44. The highest BCUT2D eigenvalue weighted by Crippen LogP contribution is 2.41. The number of piperidine rings is 3. The molecule has 116 valence electrons. The number of para-hydroxylation sites is 1. The van der Waals surface area contributed by atoms with Crippen LogP contribution in [0.15, 0.2) is 24.3 Å². The molecule has 1 aromatic heterocycles. The van der Waals surface area contributed by atoms with Crippen LogP contribution in [0.2, 0.25) is 0 Å². The van der Waals surface area contributed by atoms with Gasteiger partial charge in [-0.2, -0.15) is 0 Å². The SMILES string of the molecule is CCOC(=O)c1c(C2CN3CCC2CC3)[nH]c2ccccc12. The highest BCUT2D eigenvalue weighted by molar-refractivity contribution is 6.05. The minimum atomic E-state index is -0.189. The van der Waals surface area contributed by atoms with Gasteiger partial charge in [0.25, 0.3) is 0 Å². The highest BCUT2D eigenvalue weighted by Gasteiger charge is 2.38. The van der Waals surface area contributed by atoms with Crippen molar-refractivity contribution in [1.82, 2.24) is 9.88 Å². The van der Waals surface area contributed by atoms with Gasteiger partial charge in [-0.3, -0.25) is 0 Å². The number of benzene rings is 1. The lowest BCUT2D eigenvalue weighted by Crippen LogP contribution is -2.46. The topological polar surface area (TPSA) is 45.3 Å². The maximum Gasteiger partial charge on any atom is 0.340 e. The summed E-state index contributed by atoms with van der Waals surface area (Å²) in [5.41, 5.74) is 2.89. The number of hydrogen-bond acceptors (Lipinski definition) is 3. The molecule has 1 unspecified atom stereocenters. The van der Waals surface area contributed by atoms with E-state index in [0.29, 0.717) is 18.4 Å². The number of ether oxygens (including phenoxy) is 1. The Kier molecular flexibility index (Phi) is 3.41. The van der Waals surface area contributed by atoms with Crippen LogP contribution >= 0.6 is 0 Å². The van der Waals surface area contributed by atoms with Gasteiger partial charge in [0.2, 0.25) is 0 Å². The fourth-order valence-electron chi connectivity index (χ4n) is 4.16. The molecule has 0 radical (unpaired) electrons. The third-order valence-corrected chi connectivity index (χ3v) is 5.24. The average Bonchev–Trinajstić information content (AvgIpc) is 2.95. The van der Waals surface area contributed by atoms with Crippen molar-refractivity contribution in [3.8, 4) is 0 Å². The first kappa shape index (κ1) is 13.8. The van der Waals surface area contributed by atoms with Gasteiger partial charge in [-0.25, -0.2) is 4.79 Å². The van der Waals surface area contributed by atoms with E-state index in [2.05, 4.69) is 9.88 Å². The number of aromatic amines is 1. The molecule has 0 amide bonds. The van der Waals surface area contributed by atoms with Crippen molar-refractivity contribution < 1.29 is 9.53 Å². The van der Waals surface area contributed by atoms with Crippen molar-refractivity contribution in [3.05, 3.63) is 35.5 Å². The molecule has 1 aromatic carbocycles. The zero-order valence-electron chi connectivity index (χ0n) is 13.0. The van der Waals surface area contributed by atoms with E-state index in [1.165, 1.54) is 25.9 Å². The first-order valence-electron chi connectivity index (χ1n) is 8.28. The summed E-state index contributed by atoms with van der Waals surface area (Å²) in [7, 11) is 0. The molecule has 1 atom stereocenters. The summed E-state index contributed by atoms with van der Waals surface area (Å²) in [5.74, 6) is 0.923. The molecule has 4 heterocycles. The standard InChI is InChI=1S/C18H22N2O2/c1-2-22-18(21)16-13-5-3-4-6-15(13)19-17(16)14-11-20-9-7-12(14)8-10-20/h3-6,12,14,19H,2,7-11H2,1H3. The fraction of sp³-hybridized carbons (Fsp3) is 0.500. The van der Waals surface area contributed by atoms with E-state index in [0.717, 1.165) is 28.7 Å². The smallest absolute Gasteiger partial charge is 0.340 e. The Bertz CT molecular complexity index is 698. The van der Waals surface area contributed by atoms with Crippen molar-refractivity contribution in [2.24, 2.45) is 5.92 Å². The second-order valence-electron chi connectivity index (χ2n) is 6.42. The van der Waals surface area contributed by atoms with E-state index < -0.39 is 0 Å². The summed E-state index contributed by atoms with van der Waals surface area (Å²) in [5, 5.41) is 0.993. The van der Waals surface area contributed by atoms with E-state index >= 15 is 0 Å². The zero-order valence-corrected chi connectivity index (χ0v) is 13.0. The molecule has 3 aliphatic heterocycles. The molecule has 4 heteroatoms. The largest absolute Gasteiger partial charge is 0.462 e. The normalized spacial score (nSPS) is 27.2. The number of aromatic nitrogens is 1. The summed E-state index contributed by atoms with van der Waals surface area (Å²) in [4.78, 5) is 18.6. The molecule has 0 spiro atoms. The van der Waals surface area contributed by atoms with Gasteiger partial charge in [0.05, 0.1) is 12.2 Å². The van der Waals surface area contributed by atoms with Gasteiger partial charge in [0, 0.05) is 29.1 Å². The molecule has 2 aromatic rings. The number of nitrogens with zero attached hydrogens (tertiary/aromatic N) is 1. The number of hydrogen-bond donors (Lipinski definition) is 1. The van der Waals surface area contributed by atoms with E-state index in [-0.39, 0.29) is 5.97 Å². The van der Waals surface area contributed by atoms with Crippen molar-refractivity contribution in [2.75, 3.05) is 26.2 Å². The molecule has 0 saturated carbocycles. The van der Waals surface area contributed by atoms with E-state index in [1.54, 1.807) is 0 Å². The Hall–Kier alpha value is -1.81. The molecule has 5 rings (SSSR count). The lowest BCUT2D eigenvalue weighted by molar-refractivity contribution is 0.0518. The van der Waals surface area contributed by atoms with Crippen LogP contribution in [-0.2, 0) is 4.74 Å². The van der Waals surface area contributed by atoms with E-state index in [4.69, 9.17) is 4.74 Å². The summed E-state index contributed by atoms with van der Waals surface area (Å²) in [6.07, 6.45) is 2.48. The van der Waals surface area contributed by atoms with Crippen molar-refractivity contribution in [3.63, 3.8) is 0 Å². The molecule has 0 aliphatic carbocycles. The number of rotatable bonds is 3. The zero-order chi connectivity index (χ0) is 15.1. The summed E-state index contributed by atoms with van der Waals surface area (Å²) >= 11 is 0. The maximum absolute atomic E-state index is 12.5. The van der Waals surface area contributed by atoms with E-state index in [9.17, 15) is 4.79 Å². The van der Waals surface area contributed by atoms with Crippen molar-refractivity contribution >= 4 is 16.9 Å². The predicted molar refractivity (Wildman–Crippen MR) is 86.2 cm³/mol. The second kappa shape index (κ2) is 5.43. The molecular weight excluding hydrogens is 276 g/mol. The van der Waals surface area contributed by atoms with Crippen LogP contribution in [0.3, 0.4) is 0 Å². The van der Waals surface area contributed by atoms with Crippen LogP contribution < -0.4 is 0 Å². The average molecular weight is 298 g/mol. The number of esters is 1. The number of H-pyrrole nitrogens is 1. The summed E-state index contributed by atoms with van der Waals surface area (Å²) in [6.45, 7) is 5.74. The number of carbonyl (C=O) groups excluding carboxylic acids is 1.